The fraction of sp³-hybridized carbons (Fsp3) is 0.375. The van der Waals surface area contributed by atoms with Crippen molar-refractivity contribution in [2.75, 3.05) is 30.5 Å². The van der Waals surface area contributed by atoms with Crippen LogP contribution in [0.3, 0.4) is 0 Å². The molecule has 0 spiro atoms. The molecule has 4 aromatic rings. The molecular formula is C24H27F2N7O3S. The molecule has 37 heavy (non-hydrogen) atoms. The van der Waals surface area contributed by atoms with Crippen LogP contribution < -0.4 is 4.31 Å². The van der Waals surface area contributed by atoms with E-state index in [1.54, 1.807) is 53.2 Å². The first-order chi connectivity index (χ1) is 17.7. The monoisotopic (exact) mass is 531 g/mol. The first-order valence-corrected chi connectivity index (χ1v) is 13.3. The van der Waals surface area contributed by atoms with Crippen molar-refractivity contribution in [3.63, 3.8) is 0 Å². The van der Waals surface area contributed by atoms with E-state index in [2.05, 4.69) is 33.9 Å². The van der Waals surface area contributed by atoms with E-state index in [1.165, 1.54) is 8.61 Å². The van der Waals surface area contributed by atoms with Crippen LogP contribution in [-0.2, 0) is 16.8 Å². The van der Waals surface area contributed by atoms with Gasteiger partial charge < -0.3 is 8.82 Å². The molecule has 0 amide bonds. The first kappa shape index (κ1) is 25.2. The zero-order chi connectivity index (χ0) is 26.2. The Kier molecular flexibility index (Phi) is 6.92. The second-order valence-electron chi connectivity index (χ2n) is 9.04. The Balaban J connectivity index is 1.43. The molecule has 0 bridgehead atoms. The third-order valence-electron chi connectivity index (χ3n) is 6.34. The van der Waals surface area contributed by atoms with Gasteiger partial charge in [0.15, 0.2) is 0 Å². The molecule has 13 heteroatoms. The largest absolute Gasteiger partial charge is 0.415 e. The number of halogens is 2. The highest BCUT2D eigenvalue weighted by atomic mass is 32.2. The van der Waals surface area contributed by atoms with E-state index < -0.39 is 22.5 Å². The number of anilines is 1. The fourth-order valence-corrected chi connectivity index (χ4v) is 5.91. The molecule has 4 heterocycles. The standard InChI is InChI=1S/C24H27F2N7O3S/c1-17(2)30-10-12-32(13-11-30)37(34,35)33(20-6-4-3-5-7-20)16-19-15-31-9-8-18(14-21(31)27-19)23-28-29-24(36-23)22(25)26/h3-9,14-15,17,22H,10-13,16H2,1-2H3. The van der Waals surface area contributed by atoms with Crippen LogP contribution in [0.25, 0.3) is 17.1 Å². The number of hydrogen-bond donors (Lipinski definition) is 0. The Labute approximate surface area is 213 Å². The summed E-state index contributed by atoms with van der Waals surface area (Å²) in [6, 6.07) is 12.6. The van der Waals surface area contributed by atoms with E-state index in [1.807, 2.05) is 6.07 Å². The van der Waals surface area contributed by atoms with Gasteiger partial charge in [-0.05, 0) is 38.1 Å². The van der Waals surface area contributed by atoms with Crippen LogP contribution in [0.15, 0.2) is 59.3 Å². The summed E-state index contributed by atoms with van der Waals surface area (Å²) in [5.41, 5.74) is 1.97. The topological polar surface area (TPSA) is 100 Å². The van der Waals surface area contributed by atoms with Gasteiger partial charge in [0, 0.05) is 50.2 Å². The van der Waals surface area contributed by atoms with Crippen molar-refractivity contribution in [3.05, 3.63) is 66.4 Å². The lowest BCUT2D eigenvalue weighted by molar-refractivity contribution is 0.116. The SMILES string of the molecule is CC(C)N1CCN(S(=O)(=O)N(Cc2cn3ccc(-c4nnc(C(F)F)o4)cc3n2)c2ccccc2)CC1. The second kappa shape index (κ2) is 10.1. The lowest BCUT2D eigenvalue weighted by Crippen LogP contribution is -2.54. The van der Waals surface area contributed by atoms with E-state index in [0.29, 0.717) is 54.8 Å². The Bertz CT molecular complexity index is 1470. The molecule has 1 fully saturated rings. The highest BCUT2D eigenvalue weighted by Crippen LogP contribution is 2.26. The van der Waals surface area contributed by atoms with Gasteiger partial charge in [0.1, 0.15) is 5.65 Å². The van der Waals surface area contributed by atoms with E-state index in [0.717, 1.165) is 0 Å². The minimum atomic E-state index is -3.83. The van der Waals surface area contributed by atoms with Crippen LogP contribution in [0.5, 0.6) is 0 Å². The summed E-state index contributed by atoms with van der Waals surface area (Å²) in [7, 11) is -3.83. The van der Waals surface area contributed by atoms with Gasteiger partial charge in [-0.2, -0.15) is 21.5 Å². The predicted octanol–water partition coefficient (Wildman–Crippen LogP) is 3.60. The Morgan fingerprint density at radius 2 is 1.78 bits per heavy atom. The van der Waals surface area contributed by atoms with Gasteiger partial charge in [-0.1, -0.05) is 18.2 Å². The molecule has 3 aromatic heterocycles. The predicted molar refractivity (Wildman–Crippen MR) is 133 cm³/mol. The normalized spacial score (nSPS) is 15.7. The number of piperazine rings is 1. The van der Waals surface area contributed by atoms with Gasteiger partial charge in [-0.3, -0.25) is 9.21 Å². The molecule has 0 saturated carbocycles. The number of para-hydroxylation sites is 1. The average molecular weight is 532 g/mol. The van der Waals surface area contributed by atoms with Crippen LogP contribution in [-0.4, -0.2) is 69.4 Å². The number of benzene rings is 1. The van der Waals surface area contributed by atoms with Crippen LogP contribution in [0.2, 0.25) is 0 Å². The number of hydrogen-bond acceptors (Lipinski definition) is 7. The smallest absolute Gasteiger partial charge is 0.314 e. The molecule has 0 aliphatic carbocycles. The number of fused-ring (bicyclic) bond motifs is 1. The molecule has 5 rings (SSSR count). The van der Waals surface area contributed by atoms with Gasteiger partial charge in [0.25, 0.3) is 5.89 Å². The molecule has 0 N–H and O–H groups in total. The van der Waals surface area contributed by atoms with Gasteiger partial charge in [-0.25, -0.2) is 4.98 Å². The quantitative estimate of drug-likeness (QED) is 0.343. The highest BCUT2D eigenvalue weighted by molar-refractivity contribution is 7.90. The molecule has 1 aromatic carbocycles. The molecule has 1 saturated heterocycles. The Hall–Kier alpha value is -3.42. The summed E-state index contributed by atoms with van der Waals surface area (Å²) in [5.74, 6) is -0.798. The minimum Gasteiger partial charge on any atom is -0.415 e. The van der Waals surface area contributed by atoms with Gasteiger partial charge in [-0.15, -0.1) is 10.2 Å². The van der Waals surface area contributed by atoms with Crippen LogP contribution in [0, 0.1) is 0 Å². The van der Waals surface area contributed by atoms with Crippen molar-refractivity contribution < 1.29 is 21.6 Å². The van der Waals surface area contributed by atoms with Gasteiger partial charge in [0.2, 0.25) is 5.89 Å². The van der Waals surface area contributed by atoms with E-state index in [9.17, 15) is 17.2 Å². The average Bonchev–Trinajstić information content (AvgIpc) is 3.54. The number of rotatable bonds is 8. The summed E-state index contributed by atoms with van der Waals surface area (Å²) < 4.78 is 62.9. The van der Waals surface area contributed by atoms with Crippen molar-refractivity contribution in [1.29, 1.82) is 0 Å². The van der Waals surface area contributed by atoms with E-state index in [4.69, 9.17) is 4.42 Å². The molecular weight excluding hydrogens is 504 g/mol. The van der Waals surface area contributed by atoms with Crippen LogP contribution >= 0.6 is 0 Å². The van der Waals surface area contributed by atoms with E-state index >= 15 is 0 Å². The molecule has 10 nitrogen and oxygen atoms in total. The molecule has 0 unspecified atom stereocenters. The first-order valence-electron chi connectivity index (χ1n) is 11.9. The lowest BCUT2D eigenvalue weighted by atomic mass is 10.2. The van der Waals surface area contributed by atoms with Crippen LogP contribution in [0.1, 0.15) is 31.9 Å². The number of alkyl halides is 2. The Morgan fingerprint density at radius 1 is 1.05 bits per heavy atom. The fourth-order valence-electron chi connectivity index (χ4n) is 4.32. The van der Waals surface area contributed by atoms with E-state index in [-0.39, 0.29) is 12.4 Å². The maximum atomic E-state index is 13.8. The molecule has 0 atom stereocenters. The van der Waals surface area contributed by atoms with Crippen LogP contribution in [0.4, 0.5) is 14.5 Å². The second-order valence-corrected chi connectivity index (χ2v) is 10.9. The number of pyridine rings is 1. The Morgan fingerprint density at radius 3 is 2.43 bits per heavy atom. The maximum Gasteiger partial charge on any atom is 0.314 e. The number of nitrogens with zero attached hydrogens (tertiary/aromatic N) is 7. The summed E-state index contributed by atoms with van der Waals surface area (Å²) in [5, 5.41) is 7.04. The van der Waals surface area contributed by atoms with Gasteiger partial charge >= 0.3 is 16.6 Å². The molecule has 196 valence electrons. The number of aromatic nitrogens is 4. The third-order valence-corrected chi connectivity index (χ3v) is 8.26. The zero-order valence-corrected chi connectivity index (χ0v) is 21.2. The van der Waals surface area contributed by atoms with Gasteiger partial charge in [0.05, 0.1) is 17.9 Å². The van der Waals surface area contributed by atoms with Crippen molar-refractivity contribution >= 4 is 21.5 Å². The summed E-state index contributed by atoms with van der Waals surface area (Å²) in [6.45, 7) is 6.37. The molecule has 0 radical (unpaired) electrons. The van der Waals surface area contributed by atoms with Crippen molar-refractivity contribution in [2.24, 2.45) is 0 Å². The minimum absolute atomic E-state index is 0.0177. The van der Waals surface area contributed by atoms with Crippen molar-refractivity contribution in [2.45, 2.75) is 32.9 Å². The summed E-state index contributed by atoms with van der Waals surface area (Å²) >= 11 is 0. The number of imidazole rings is 1. The highest BCUT2D eigenvalue weighted by Gasteiger charge is 2.33. The molecule has 1 aliphatic rings. The maximum absolute atomic E-state index is 13.8. The lowest BCUT2D eigenvalue weighted by Gasteiger charge is -2.38. The zero-order valence-electron chi connectivity index (χ0n) is 20.4. The molecule has 1 aliphatic heterocycles. The summed E-state index contributed by atoms with van der Waals surface area (Å²) in [4.78, 5) is 6.85. The van der Waals surface area contributed by atoms with Crippen molar-refractivity contribution in [1.82, 2.24) is 28.8 Å². The van der Waals surface area contributed by atoms with Crippen molar-refractivity contribution in [3.8, 4) is 11.5 Å². The third kappa shape index (κ3) is 5.20. The summed E-state index contributed by atoms with van der Waals surface area (Å²) in [6.07, 6.45) is 0.557.